The number of likely N-dealkylation sites (N-methyl/N-ethyl adjacent to an activating group) is 2. The summed E-state index contributed by atoms with van der Waals surface area (Å²) >= 11 is 0. The summed E-state index contributed by atoms with van der Waals surface area (Å²) in [4.78, 5) is 20.8. The molecule has 0 amide bonds. The highest BCUT2D eigenvalue weighted by Crippen LogP contribution is 2.40. The highest BCUT2D eigenvalue weighted by atomic mass is 16.6. The van der Waals surface area contributed by atoms with Gasteiger partial charge in [-0.1, -0.05) is 6.08 Å². The van der Waals surface area contributed by atoms with Crippen LogP contribution in [0.3, 0.4) is 0 Å². The average Bonchev–Trinajstić information content (AvgIpc) is 2.79. The SMILES string of the molecule is COc1cc(N2CCC(N3CCN(C)CC3)CC2)c(C2=CCN(C)C=C2)cc1[N+](=O)[O-]. The Bertz CT molecular complexity index is 868. The molecule has 4 rings (SSSR count). The van der Waals surface area contributed by atoms with Gasteiger partial charge in [-0.05, 0) is 37.7 Å². The number of piperidine rings is 1. The number of anilines is 1. The minimum Gasteiger partial charge on any atom is -0.490 e. The van der Waals surface area contributed by atoms with E-state index < -0.39 is 0 Å². The largest absolute Gasteiger partial charge is 0.490 e. The Morgan fingerprint density at radius 2 is 1.77 bits per heavy atom. The van der Waals surface area contributed by atoms with E-state index in [1.807, 2.05) is 25.4 Å². The quantitative estimate of drug-likeness (QED) is 0.529. The van der Waals surface area contributed by atoms with Crippen LogP contribution < -0.4 is 9.64 Å². The molecule has 3 aliphatic heterocycles. The number of rotatable bonds is 5. The van der Waals surface area contributed by atoms with E-state index in [0.717, 1.165) is 75.5 Å². The summed E-state index contributed by atoms with van der Waals surface area (Å²) in [5, 5.41) is 11.7. The van der Waals surface area contributed by atoms with E-state index in [9.17, 15) is 10.1 Å². The summed E-state index contributed by atoms with van der Waals surface area (Å²) in [7, 11) is 5.71. The van der Waals surface area contributed by atoms with Crippen LogP contribution in [0.15, 0.2) is 30.5 Å². The molecule has 0 atom stereocenters. The van der Waals surface area contributed by atoms with E-state index in [-0.39, 0.29) is 10.6 Å². The normalized spacial score (nSPS) is 21.3. The lowest BCUT2D eigenvalue weighted by atomic mass is 9.96. The molecule has 2 saturated heterocycles. The second-order valence-corrected chi connectivity index (χ2v) is 8.77. The van der Waals surface area contributed by atoms with Crippen LogP contribution in [0.4, 0.5) is 11.4 Å². The van der Waals surface area contributed by atoms with Gasteiger partial charge in [0.05, 0.1) is 12.0 Å². The first-order chi connectivity index (χ1) is 15.0. The van der Waals surface area contributed by atoms with Crippen molar-refractivity contribution in [1.82, 2.24) is 14.7 Å². The molecule has 0 N–H and O–H groups in total. The van der Waals surface area contributed by atoms with Crippen molar-refractivity contribution in [3.05, 3.63) is 46.2 Å². The van der Waals surface area contributed by atoms with Gasteiger partial charge in [-0.3, -0.25) is 15.0 Å². The Kier molecular flexibility index (Phi) is 6.48. The number of piperazine rings is 1. The Hall–Kier alpha value is -2.58. The second-order valence-electron chi connectivity index (χ2n) is 8.77. The number of hydrogen-bond acceptors (Lipinski definition) is 7. The van der Waals surface area contributed by atoms with Crippen molar-refractivity contribution in [2.24, 2.45) is 0 Å². The van der Waals surface area contributed by atoms with Gasteiger partial charge in [0.2, 0.25) is 0 Å². The molecule has 2 fully saturated rings. The molecular formula is C23H33N5O3. The van der Waals surface area contributed by atoms with Gasteiger partial charge >= 0.3 is 5.69 Å². The van der Waals surface area contributed by atoms with Crippen molar-refractivity contribution in [2.75, 3.05) is 71.9 Å². The molecule has 168 valence electrons. The van der Waals surface area contributed by atoms with Crippen LogP contribution in [0.25, 0.3) is 5.57 Å². The molecule has 1 aromatic carbocycles. The summed E-state index contributed by atoms with van der Waals surface area (Å²) in [5.41, 5.74) is 2.98. The number of nitro benzene ring substituents is 1. The molecular weight excluding hydrogens is 394 g/mol. The lowest BCUT2D eigenvalue weighted by Gasteiger charge is -2.43. The third kappa shape index (κ3) is 4.70. The molecule has 8 nitrogen and oxygen atoms in total. The number of nitro groups is 1. The van der Waals surface area contributed by atoms with Crippen molar-refractivity contribution in [2.45, 2.75) is 18.9 Å². The molecule has 3 heterocycles. The number of ether oxygens (including phenoxy) is 1. The van der Waals surface area contributed by atoms with Gasteiger partial charge in [0.15, 0.2) is 5.75 Å². The topological polar surface area (TPSA) is 65.3 Å². The Balaban J connectivity index is 1.58. The molecule has 0 aliphatic carbocycles. The molecule has 8 heteroatoms. The maximum absolute atomic E-state index is 11.7. The molecule has 0 saturated carbocycles. The zero-order valence-corrected chi connectivity index (χ0v) is 18.8. The van der Waals surface area contributed by atoms with E-state index in [2.05, 4.69) is 32.7 Å². The molecule has 0 aromatic heterocycles. The first-order valence-corrected chi connectivity index (χ1v) is 11.1. The highest BCUT2D eigenvalue weighted by Gasteiger charge is 2.29. The molecule has 31 heavy (non-hydrogen) atoms. The highest BCUT2D eigenvalue weighted by molar-refractivity contribution is 5.86. The van der Waals surface area contributed by atoms with Crippen LogP contribution in [0.5, 0.6) is 5.75 Å². The Labute approximate surface area is 184 Å². The number of nitrogens with zero attached hydrogens (tertiary/aromatic N) is 5. The van der Waals surface area contributed by atoms with Gasteiger partial charge in [0.1, 0.15) is 0 Å². The zero-order chi connectivity index (χ0) is 22.0. The average molecular weight is 428 g/mol. The third-order valence-electron chi connectivity index (χ3n) is 6.77. The van der Waals surface area contributed by atoms with Gasteiger partial charge < -0.3 is 19.4 Å². The fraction of sp³-hybridized carbons (Fsp3) is 0.565. The maximum Gasteiger partial charge on any atom is 0.311 e. The smallest absolute Gasteiger partial charge is 0.311 e. The predicted octanol–water partition coefficient (Wildman–Crippen LogP) is 2.66. The van der Waals surface area contributed by atoms with Gasteiger partial charge in [0.25, 0.3) is 0 Å². The van der Waals surface area contributed by atoms with E-state index in [1.54, 1.807) is 6.07 Å². The summed E-state index contributed by atoms with van der Waals surface area (Å²) in [6.07, 6.45) is 8.41. The van der Waals surface area contributed by atoms with Crippen molar-refractivity contribution < 1.29 is 9.66 Å². The van der Waals surface area contributed by atoms with Gasteiger partial charge in [-0.2, -0.15) is 0 Å². The van der Waals surface area contributed by atoms with Crippen molar-refractivity contribution in [3.63, 3.8) is 0 Å². The summed E-state index contributed by atoms with van der Waals surface area (Å²) in [6, 6.07) is 4.16. The fourth-order valence-electron chi connectivity index (χ4n) is 4.79. The van der Waals surface area contributed by atoms with Gasteiger partial charge in [-0.15, -0.1) is 0 Å². The molecule has 1 aromatic rings. The molecule has 0 unspecified atom stereocenters. The van der Waals surface area contributed by atoms with E-state index in [0.29, 0.717) is 11.8 Å². The van der Waals surface area contributed by atoms with Crippen LogP contribution in [0.1, 0.15) is 18.4 Å². The number of allylic oxidation sites excluding steroid dienone is 2. The maximum atomic E-state index is 11.7. The molecule has 0 radical (unpaired) electrons. The van der Waals surface area contributed by atoms with Gasteiger partial charge in [-0.25, -0.2) is 0 Å². The summed E-state index contributed by atoms with van der Waals surface area (Å²) in [6.45, 7) is 7.24. The van der Waals surface area contributed by atoms with E-state index in [1.165, 1.54) is 7.11 Å². The first kappa shape index (κ1) is 21.6. The van der Waals surface area contributed by atoms with Crippen LogP contribution in [0.2, 0.25) is 0 Å². The van der Waals surface area contributed by atoms with Crippen LogP contribution >= 0.6 is 0 Å². The van der Waals surface area contributed by atoms with E-state index in [4.69, 9.17) is 4.74 Å². The minimum atomic E-state index is -0.356. The molecule has 0 spiro atoms. The lowest BCUT2D eigenvalue weighted by molar-refractivity contribution is -0.385. The summed E-state index contributed by atoms with van der Waals surface area (Å²) < 4.78 is 5.40. The monoisotopic (exact) mass is 427 g/mol. The van der Waals surface area contributed by atoms with Crippen molar-refractivity contribution in [3.8, 4) is 5.75 Å². The minimum absolute atomic E-state index is 0.0156. The molecule has 3 aliphatic rings. The first-order valence-electron chi connectivity index (χ1n) is 11.1. The number of benzene rings is 1. The second kappa shape index (κ2) is 9.28. The number of methoxy groups -OCH3 is 1. The van der Waals surface area contributed by atoms with Crippen molar-refractivity contribution in [1.29, 1.82) is 0 Å². The van der Waals surface area contributed by atoms with Crippen LogP contribution in [-0.4, -0.2) is 92.7 Å². The van der Waals surface area contributed by atoms with Gasteiger partial charge in [0, 0.05) is 82.3 Å². The fourth-order valence-corrected chi connectivity index (χ4v) is 4.79. The van der Waals surface area contributed by atoms with E-state index >= 15 is 0 Å². The standard InChI is InChI=1S/C23H33N5O3/c1-24-8-4-18(5-9-24)20-16-22(28(29)30)23(31-3)17-21(20)27-10-6-19(7-11-27)26-14-12-25(2)13-15-26/h4-5,8,16-17,19H,6-7,9-15H2,1-3H3. The predicted molar refractivity (Wildman–Crippen MR) is 124 cm³/mol. The third-order valence-corrected chi connectivity index (χ3v) is 6.77. The zero-order valence-electron chi connectivity index (χ0n) is 18.8. The van der Waals surface area contributed by atoms with Crippen molar-refractivity contribution >= 4 is 16.9 Å². The lowest BCUT2D eigenvalue weighted by Crippen LogP contribution is -2.52. The Morgan fingerprint density at radius 3 is 2.35 bits per heavy atom. The molecule has 0 bridgehead atoms. The van der Waals surface area contributed by atoms with Crippen LogP contribution in [-0.2, 0) is 0 Å². The summed E-state index contributed by atoms with van der Waals surface area (Å²) in [5.74, 6) is 0.322. The Morgan fingerprint density at radius 1 is 1.06 bits per heavy atom. The number of hydrogen-bond donors (Lipinski definition) is 0. The van der Waals surface area contributed by atoms with Crippen LogP contribution in [0, 0.1) is 10.1 Å².